The van der Waals surface area contributed by atoms with Crippen LogP contribution in [-0.2, 0) is 4.79 Å². The minimum absolute atomic E-state index is 1.00. The Balaban J connectivity index is 0. The van der Waals surface area contributed by atoms with Crippen molar-refractivity contribution in [2.45, 2.75) is 12.0 Å². The molecule has 0 aromatic rings. The molecule has 0 aliphatic heterocycles. The fourth-order valence-electron chi connectivity index (χ4n) is 0.242. The third kappa shape index (κ3) is 7.36. The lowest BCUT2D eigenvalue weighted by atomic mass is 10.3. The molecule has 0 unspecified atom stereocenters. The van der Waals surface area contributed by atoms with Crippen molar-refractivity contribution in [2.75, 3.05) is 28.2 Å². The molecule has 17 heavy (non-hydrogen) atoms. The molecule has 0 heterocycles. The van der Waals surface area contributed by atoms with Crippen molar-refractivity contribution >= 4 is 5.97 Å². The summed E-state index contributed by atoms with van der Waals surface area (Å²) in [4.78, 5) is 10.8. The fourth-order valence-corrected chi connectivity index (χ4v) is 0.242. The van der Waals surface area contributed by atoms with Crippen LogP contribution in [-0.4, -0.2) is 50.6 Å². The fraction of sp³-hybridized carbons (Fsp3) is 0.857. The van der Waals surface area contributed by atoms with Gasteiger partial charge in [-0.15, -0.1) is 0 Å². The van der Waals surface area contributed by atoms with Crippen LogP contribution in [0.3, 0.4) is 0 Å². The van der Waals surface area contributed by atoms with Crippen molar-refractivity contribution in [2.24, 2.45) is 5.11 Å². The number of rotatable bonds is 3. The number of halogens is 4. The molecule has 0 amide bonds. The molecule has 0 saturated heterocycles. The van der Waals surface area contributed by atoms with E-state index in [9.17, 15) is 27.5 Å². The molecule has 6 nitrogen and oxygen atoms in total. The molecular weight excluding hydrogens is 248 g/mol. The average Bonchev–Trinajstić information content (AvgIpc) is 1.99. The number of alkyl halides is 4. The number of aliphatic carboxylic acids is 1. The summed E-state index contributed by atoms with van der Waals surface area (Å²) < 4.78 is 48.4. The molecule has 0 saturated carbocycles. The van der Waals surface area contributed by atoms with Gasteiger partial charge in [0.2, 0.25) is 0 Å². The molecule has 0 spiro atoms. The predicted octanol–water partition coefficient (Wildman–Crippen LogP) is 0.597. The van der Waals surface area contributed by atoms with Crippen LogP contribution >= 0.6 is 0 Å². The number of hydrogen-bond acceptors (Lipinski definition) is 3. The lowest BCUT2D eigenvalue weighted by Crippen LogP contribution is -2.52. The number of carboxylic acids is 1. The van der Waals surface area contributed by atoms with Crippen LogP contribution in [0.5, 0.6) is 0 Å². The Bertz CT molecular complexity index is 302. The highest BCUT2D eigenvalue weighted by molar-refractivity contribution is 5.74. The minimum Gasteiger partial charge on any atom is -0.544 e. The Kier molecular flexibility index (Phi) is 5.97. The summed E-state index contributed by atoms with van der Waals surface area (Å²) in [6.07, 6.45) is 0. The van der Waals surface area contributed by atoms with E-state index < -0.39 is 17.9 Å². The highest BCUT2D eigenvalue weighted by Gasteiger charge is 2.57. The Hall–Kier alpha value is -1.54. The van der Waals surface area contributed by atoms with Crippen LogP contribution in [0.2, 0.25) is 0 Å². The number of azide groups is 1. The minimum atomic E-state index is -5.50. The zero-order chi connectivity index (χ0) is 14.5. The maximum Gasteiger partial charge on any atom is 0.393 e. The lowest BCUT2D eigenvalue weighted by Gasteiger charge is -2.22. The van der Waals surface area contributed by atoms with Gasteiger partial charge in [0.15, 0.2) is 0 Å². The summed E-state index contributed by atoms with van der Waals surface area (Å²) in [6.45, 7) is 0. The largest absolute Gasteiger partial charge is 0.544 e. The van der Waals surface area contributed by atoms with Crippen molar-refractivity contribution in [3.8, 4) is 0 Å². The molecule has 10 heteroatoms. The summed E-state index contributed by atoms with van der Waals surface area (Å²) in [7, 11) is 8.50. The molecule has 0 fully saturated rings. The van der Waals surface area contributed by atoms with Gasteiger partial charge in [0.1, 0.15) is 5.97 Å². The second-order valence-corrected chi connectivity index (χ2v) is 4.28. The molecule has 0 aliphatic rings. The van der Waals surface area contributed by atoms with Gasteiger partial charge in [0.25, 0.3) is 0 Å². The summed E-state index contributed by atoms with van der Waals surface area (Å²) in [5.41, 5.74) is 7.38. The van der Waals surface area contributed by atoms with Gasteiger partial charge in [-0.1, -0.05) is 0 Å². The number of nitrogens with zero attached hydrogens (tertiary/aromatic N) is 4. The van der Waals surface area contributed by atoms with Crippen molar-refractivity contribution in [1.82, 2.24) is 0 Å². The highest BCUT2D eigenvalue weighted by Crippen LogP contribution is 2.34. The van der Waals surface area contributed by atoms with Crippen LogP contribution in [0.25, 0.3) is 10.4 Å². The van der Waals surface area contributed by atoms with E-state index in [0.717, 1.165) is 4.48 Å². The summed E-state index contributed by atoms with van der Waals surface area (Å²) in [5, 5.41) is 10.7. The first-order valence-electron chi connectivity index (χ1n) is 4.08. The van der Waals surface area contributed by atoms with Gasteiger partial charge in [0, 0.05) is 4.91 Å². The van der Waals surface area contributed by atoms with Gasteiger partial charge < -0.3 is 14.4 Å². The number of carbonyl (C=O) groups excluding carboxylic acids is 1. The third-order valence-corrected chi connectivity index (χ3v) is 0.804. The van der Waals surface area contributed by atoms with E-state index in [4.69, 9.17) is 5.53 Å². The van der Waals surface area contributed by atoms with Gasteiger partial charge >= 0.3 is 12.0 Å². The van der Waals surface area contributed by atoms with E-state index in [1.54, 1.807) is 0 Å². The predicted molar refractivity (Wildman–Crippen MR) is 48.0 cm³/mol. The van der Waals surface area contributed by atoms with Crippen LogP contribution in [0, 0.1) is 0 Å². The summed E-state index contributed by atoms with van der Waals surface area (Å²) in [6, 6.07) is -5.32. The second-order valence-electron chi connectivity index (χ2n) is 4.28. The molecule has 0 aromatic carbocycles. The number of carboxylic acid groups (broad SMARTS) is 1. The van der Waals surface area contributed by atoms with Gasteiger partial charge in [-0.2, -0.15) is 17.6 Å². The van der Waals surface area contributed by atoms with Gasteiger partial charge in [-0.05, 0) is 10.6 Å². The summed E-state index contributed by atoms with van der Waals surface area (Å²) >= 11 is 0. The van der Waals surface area contributed by atoms with Crippen molar-refractivity contribution < 1.29 is 31.9 Å². The van der Waals surface area contributed by atoms with Crippen LogP contribution in [0.15, 0.2) is 5.11 Å². The van der Waals surface area contributed by atoms with E-state index >= 15 is 0 Å². The van der Waals surface area contributed by atoms with Crippen molar-refractivity contribution in [3.63, 3.8) is 0 Å². The Labute approximate surface area is 94.7 Å². The first kappa shape index (κ1) is 17.8. The molecule has 0 aliphatic carbocycles. The maximum absolute atomic E-state index is 11.9. The zero-order valence-corrected chi connectivity index (χ0v) is 9.62. The van der Waals surface area contributed by atoms with Crippen LogP contribution < -0.4 is 5.11 Å². The van der Waals surface area contributed by atoms with E-state index in [-0.39, 0.29) is 0 Å². The molecule has 0 bridgehead atoms. The molecule has 0 atom stereocenters. The molecule has 0 aromatic heterocycles. The number of hydrogen-bond donors (Lipinski definition) is 0. The standard InChI is InChI=1S/C4H12N.C3HF4N3O2/c1-5(2,3)4;4-2(5,1(11)12)3(6,7)9-10-8/h1-4H3;(H,11,12)/q+1;/p-1. The Morgan fingerprint density at radius 2 is 1.53 bits per heavy atom. The SMILES string of the molecule is C[N+](C)(C)C.[N-]=[N+]=NC(F)(F)C(F)(F)C(=O)[O-]. The number of carbonyl (C=O) groups is 1. The van der Waals surface area contributed by atoms with E-state index in [2.05, 4.69) is 28.2 Å². The van der Waals surface area contributed by atoms with Crippen LogP contribution in [0.4, 0.5) is 17.6 Å². The van der Waals surface area contributed by atoms with Gasteiger partial charge in [-0.3, -0.25) is 0 Å². The molecule has 0 radical (unpaired) electrons. The van der Waals surface area contributed by atoms with Crippen LogP contribution in [0.1, 0.15) is 0 Å². The maximum atomic E-state index is 11.9. The zero-order valence-electron chi connectivity index (χ0n) is 9.62. The van der Waals surface area contributed by atoms with Crippen molar-refractivity contribution in [1.29, 1.82) is 0 Å². The molecule has 0 N–H and O–H groups in total. The quantitative estimate of drug-likeness (QED) is 0.186. The summed E-state index contributed by atoms with van der Waals surface area (Å²) in [5.74, 6) is -8.81. The normalized spacial score (nSPS) is 12.0. The number of quaternary nitrogens is 1. The molecule has 0 rings (SSSR count). The first-order valence-corrected chi connectivity index (χ1v) is 4.08. The van der Waals surface area contributed by atoms with Gasteiger partial charge in [0.05, 0.1) is 28.2 Å². The molecular formula is C7H12F4N4O2. The highest BCUT2D eigenvalue weighted by atomic mass is 19.3. The third-order valence-electron chi connectivity index (χ3n) is 0.804. The van der Waals surface area contributed by atoms with E-state index in [1.165, 1.54) is 10.0 Å². The molecule has 100 valence electrons. The smallest absolute Gasteiger partial charge is 0.393 e. The average molecular weight is 260 g/mol. The topological polar surface area (TPSA) is 88.9 Å². The second kappa shape index (κ2) is 5.69. The Morgan fingerprint density at radius 3 is 1.71 bits per heavy atom. The first-order chi connectivity index (χ1) is 7.25. The van der Waals surface area contributed by atoms with Gasteiger partial charge in [-0.25, -0.2) is 0 Å². The van der Waals surface area contributed by atoms with E-state index in [1.807, 2.05) is 0 Å². The monoisotopic (exact) mass is 260 g/mol. The Morgan fingerprint density at radius 1 is 1.24 bits per heavy atom. The lowest BCUT2D eigenvalue weighted by molar-refractivity contribution is -0.849. The van der Waals surface area contributed by atoms with Crippen molar-refractivity contribution in [3.05, 3.63) is 10.4 Å². The van der Waals surface area contributed by atoms with E-state index in [0.29, 0.717) is 0 Å².